The molecule has 0 fully saturated rings. The predicted molar refractivity (Wildman–Crippen MR) is 118 cm³/mol. The van der Waals surface area contributed by atoms with Crippen LogP contribution in [0.15, 0.2) is 65.1 Å². The lowest BCUT2D eigenvalue weighted by Crippen LogP contribution is -1.99. The van der Waals surface area contributed by atoms with E-state index < -0.39 is 4.92 Å². The van der Waals surface area contributed by atoms with Gasteiger partial charge in [-0.3, -0.25) is 10.1 Å². The average Bonchev–Trinajstić information content (AvgIpc) is 2.77. The molecular formula is C23H16BrFN2O4. The van der Waals surface area contributed by atoms with Crippen LogP contribution in [0.2, 0.25) is 0 Å². The zero-order chi connectivity index (χ0) is 22.4. The van der Waals surface area contributed by atoms with E-state index in [1.54, 1.807) is 30.3 Å². The SMILES string of the molecule is COc1cc(C=C(C#N)c2ccc([N+](=O)[O-])cc2)c(Br)cc1OCc1cccc(F)c1. The van der Waals surface area contributed by atoms with Crippen molar-refractivity contribution in [2.45, 2.75) is 6.61 Å². The molecule has 0 radical (unpaired) electrons. The quantitative estimate of drug-likeness (QED) is 0.174. The summed E-state index contributed by atoms with van der Waals surface area (Å²) in [6.45, 7) is 0.155. The molecule has 3 aromatic carbocycles. The zero-order valence-electron chi connectivity index (χ0n) is 16.3. The molecule has 0 amide bonds. The van der Waals surface area contributed by atoms with E-state index in [1.807, 2.05) is 0 Å². The number of non-ortho nitro benzene ring substituents is 1. The van der Waals surface area contributed by atoms with Gasteiger partial charge in [-0.15, -0.1) is 0 Å². The molecule has 0 saturated carbocycles. The lowest BCUT2D eigenvalue weighted by Gasteiger charge is -2.13. The second kappa shape index (κ2) is 9.87. The number of methoxy groups -OCH3 is 1. The van der Waals surface area contributed by atoms with Crippen molar-refractivity contribution in [3.8, 4) is 17.6 Å². The van der Waals surface area contributed by atoms with Gasteiger partial charge in [-0.05, 0) is 59.2 Å². The molecule has 0 atom stereocenters. The van der Waals surface area contributed by atoms with Gasteiger partial charge in [-0.1, -0.05) is 28.1 Å². The largest absolute Gasteiger partial charge is 0.493 e. The van der Waals surface area contributed by atoms with Crippen LogP contribution in [0.25, 0.3) is 11.6 Å². The number of hydrogen-bond donors (Lipinski definition) is 0. The van der Waals surface area contributed by atoms with Crippen molar-refractivity contribution >= 4 is 33.3 Å². The van der Waals surface area contributed by atoms with Crippen molar-refractivity contribution in [1.29, 1.82) is 5.26 Å². The van der Waals surface area contributed by atoms with E-state index in [0.29, 0.717) is 38.2 Å². The number of nitro benzene ring substituents is 1. The van der Waals surface area contributed by atoms with Crippen LogP contribution in [-0.2, 0) is 6.61 Å². The summed E-state index contributed by atoms with van der Waals surface area (Å²) >= 11 is 3.47. The number of rotatable bonds is 7. The number of nitrogens with zero attached hydrogens (tertiary/aromatic N) is 2. The lowest BCUT2D eigenvalue weighted by molar-refractivity contribution is -0.384. The summed E-state index contributed by atoms with van der Waals surface area (Å²) in [6.07, 6.45) is 1.64. The van der Waals surface area contributed by atoms with Gasteiger partial charge in [0, 0.05) is 16.6 Å². The molecule has 8 heteroatoms. The number of allylic oxidation sites excluding steroid dienone is 1. The smallest absolute Gasteiger partial charge is 0.269 e. The van der Waals surface area contributed by atoms with E-state index in [0.717, 1.165) is 0 Å². The van der Waals surface area contributed by atoms with Gasteiger partial charge < -0.3 is 9.47 Å². The molecule has 6 nitrogen and oxygen atoms in total. The third-order valence-corrected chi connectivity index (χ3v) is 5.06. The van der Waals surface area contributed by atoms with Crippen LogP contribution in [0.4, 0.5) is 10.1 Å². The highest BCUT2D eigenvalue weighted by atomic mass is 79.9. The minimum absolute atomic E-state index is 0.0521. The Labute approximate surface area is 186 Å². The van der Waals surface area contributed by atoms with Gasteiger partial charge in [-0.2, -0.15) is 5.26 Å². The van der Waals surface area contributed by atoms with E-state index >= 15 is 0 Å². The maximum atomic E-state index is 13.4. The Morgan fingerprint density at radius 3 is 2.55 bits per heavy atom. The van der Waals surface area contributed by atoms with Gasteiger partial charge in [0.15, 0.2) is 11.5 Å². The van der Waals surface area contributed by atoms with Crippen molar-refractivity contribution in [3.05, 3.63) is 97.8 Å². The molecule has 0 aromatic heterocycles. The van der Waals surface area contributed by atoms with Gasteiger partial charge in [0.1, 0.15) is 12.4 Å². The minimum Gasteiger partial charge on any atom is -0.493 e. The fourth-order valence-corrected chi connectivity index (χ4v) is 3.26. The Kier molecular flexibility index (Phi) is 7.00. The summed E-state index contributed by atoms with van der Waals surface area (Å²) < 4.78 is 25.2. The van der Waals surface area contributed by atoms with Crippen molar-refractivity contribution in [3.63, 3.8) is 0 Å². The molecule has 0 aliphatic rings. The van der Waals surface area contributed by atoms with Crippen molar-refractivity contribution in [1.82, 2.24) is 0 Å². The first-order valence-electron chi connectivity index (χ1n) is 9.02. The van der Waals surface area contributed by atoms with Crippen LogP contribution < -0.4 is 9.47 Å². The molecule has 3 rings (SSSR count). The van der Waals surface area contributed by atoms with E-state index in [9.17, 15) is 19.8 Å². The van der Waals surface area contributed by atoms with E-state index in [1.165, 1.54) is 43.5 Å². The summed E-state index contributed by atoms with van der Waals surface area (Å²) in [5.74, 6) is 0.543. The van der Waals surface area contributed by atoms with Gasteiger partial charge in [0.25, 0.3) is 5.69 Å². The summed E-state index contributed by atoms with van der Waals surface area (Å²) in [6, 6.07) is 17.4. The summed E-state index contributed by atoms with van der Waals surface area (Å²) in [4.78, 5) is 10.3. The number of hydrogen-bond acceptors (Lipinski definition) is 5. The molecular weight excluding hydrogens is 467 g/mol. The van der Waals surface area contributed by atoms with Crippen molar-refractivity contribution < 1.29 is 18.8 Å². The minimum atomic E-state index is -0.496. The normalized spacial score (nSPS) is 11.0. The predicted octanol–water partition coefficient (Wildman–Crippen LogP) is 6.15. The molecule has 31 heavy (non-hydrogen) atoms. The fraction of sp³-hybridized carbons (Fsp3) is 0.0870. The third kappa shape index (κ3) is 5.47. The standard InChI is InChI=1S/C23H16BrFN2O4/c1-30-22-11-17(10-18(13-26)16-5-7-20(8-6-16)27(28)29)21(24)12-23(22)31-14-15-3-2-4-19(25)9-15/h2-12H,14H2,1H3. The van der Waals surface area contributed by atoms with E-state index in [-0.39, 0.29) is 18.1 Å². The summed E-state index contributed by atoms with van der Waals surface area (Å²) in [5, 5.41) is 20.4. The topological polar surface area (TPSA) is 85.4 Å². The second-order valence-corrected chi connectivity index (χ2v) is 7.27. The second-order valence-electron chi connectivity index (χ2n) is 6.42. The maximum Gasteiger partial charge on any atom is 0.269 e. The van der Waals surface area contributed by atoms with Gasteiger partial charge in [0.05, 0.1) is 23.7 Å². The molecule has 3 aromatic rings. The van der Waals surface area contributed by atoms with Crippen LogP contribution in [0, 0.1) is 27.3 Å². The molecule has 0 heterocycles. The van der Waals surface area contributed by atoms with Crippen LogP contribution in [0.1, 0.15) is 16.7 Å². The summed E-state index contributed by atoms with van der Waals surface area (Å²) in [7, 11) is 1.49. The number of nitriles is 1. The molecule has 0 aliphatic carbocycles. The number of halogens is 2. The van der Waals surface area contributed by atoms with Crippen LogP contribution in [-0.4, -0.2) is 12.0 Å². The highest BCUT2D eigenvalue weighted by molar-refractivity contribution is 9.10. The van der Waals surface area contributed by atoms with E-state index in [2.05, 4.69) is 22.0 Å². The van der Waals surface area contributed by atoms with Crippen molar-refractivity contribution in [2.24, 2.45) is 0 Å². The molecule has 0 aliphatic heterocycles. The summed E-state index contributed by atoms with van der Waals surface area (Å²) in [5.41, 5.74) is 2.15. The number of nitro groups is 1. The molecule has 0 spiro atoms. The van der Waals surface area contributed by atoms with Gasteiger partial charge in [0.2, 0.25) is 0 Å². The molecule has 0 N–H and O–H groups in total. The molecule has 0 unspecified atom stereocenters. The number of ether oxygens (including phenoxy) is 2. The number of benzene rings is 3. The highest BCUT2D eigenvalue weighted by Crippen LogP contribution is 2.36. The first-order valence-corrected chi connectivity index (χ1v) is 9.82. The average molecular weight is 483 g/mol. The van der Waals surface area contributed by atoms with Gasteiger partial charge in [-0.25, -0.2) is 4.39 Å². The Morgan fingerprint density at radius 2 is 1.94 bits per heavy atom. The Balaban J connectivity index is 1.88. The Bertz CT molecular complexity index is 1190. The van der Waals surface area contributed by atoms with Gasteiger partial charge >= 0.3 is 0 Å². The third-order valence-electron chi connectivity index (χ3n) is 4.38. The van der Waals surface area contributed by atoms with Crippen LogP contribution in [0.3, 0.4) is 0 Å². The van der Waals surface area contributed by atoms with E-state index in [4.69, 9.17) is 9.47 Å². The monoisotopic (exact) mass is 482 g/mol. The zero-order valence-corrected chi connectivity index (χ0v) is 17.9. The molecule has 0 bridgehead atoms. The molecule has 156 valence electrons. The first-order chi connectivity index (χ1) is 14.9. The lowest BCUT2D eigenvalue weighted by atomic mass is 10.0. The van der Waals surface area contributed by atoms with Crippen molar-refractivity contribution in [2.75, 3.05) is 7.11 Å². The van der Waals surface area contributed by atoms with Crippen LogP contribution in [0.5, 0.6) is 11.5 Å². The van der Waals surface area contributed by atoms with Crippen LogP contribution >= 0.6 is 15.9 Å². The highest BCUT2D eigenvalue weighted by Gasteiger charge is 2.12. The Morgan fingerprint density at radius 1 is 1.19 bits per heavy atom. The Hall–Kier alpha value is -3.70. The fourth-order valence-electron chi connectivity index (χ4n) is 2.82. The first kappa shape index (κ1) is 22.0. The maximum absolute atomic E-state index is 13.4. The molecule has 0 saturated heterocycles.